The maximum Gasteiger partial charge on any atom is 0.264 e. The van der Waals surface area contributed by atoms with Gasteiger partial charge < -0.3 is 20.1 Å². The van der Waals surface area contributed by atoms with Gasteiger partial charge in [-0.05, 0) is 127 Å². The average Bonchev–Trinajstić information content (AvgIpc) is 3.34. The lowest BCUT2D eigenvalue weighted by atomic mass is 9.48. The van der Waals surface area contributed by atoms with Crippen molar-refractivity contribution in [3.8, 4) is 11.5 Å². The number of nitrogens with one attached hydrogen (secondary N) is 2. The lowest BCUT2D eigenvalue weighted by molar-refractivity contribution is -0.118. The number of thioether (sulfide) groups is 1. The topological polar surface area (TPSA) is 89.0 Å². The highest BCUT2D eigenvalue weighted by Crippen LogP contribution is 2.60. The first-order valence-electron chi connectivity index (χ1n) is 15.0. The first kappa shape index (κ1) is 27.8. The third kappa shape index (κ3) is 5.93. The number of hydrogen-bond acceptors (Lipinski definition) is 6. The van der Waals surface area contributed by atoms with Gasteiger partial charge in [-0.3, -0.25) is 9.59 Å². The van der Waals surface area contributed by atoms with Crippen LogP contribution in [0.25, 0.3) is 6.08 Å². The van der Waals surface area contributed by atoms with Crippen LogP contribution in [0.4, 0.5) is 11.4 Å². The summed E-state index contributed by atoms with van der Waals surface area (Å²) >= 11 is 1.28. The molecule has 8 rings (SSSR count). The van der Waals surface area contributed by atoms with Crippen LogP contribution in [0.2, 0.25) is 0 Å². The molecule has 0 aromatic heterocycles. The van der Waals surface area contributed by atoms with E-state index in [1.807, 2.05) is 48.5 Å². The van der Waals surface area contributed by atoms with E-state index >= 15 is 0 Å². The van der Waals surface area contributed by atoms with Gasteiger partial charge >= 0.3 is 0 Å². The van der Waals surface area contributed by atoms with Crippen LogP contribution in [0.5, 0.6) is 11.5 Å². The number of carbonyl (C=O) groups excluding carboxylic acids is 2. The predicted octanol–water partition coefficient (Wildman–Crippen LogP) is 7.07. The standard InChI is InChI=1S/C35H35N3O4S/c1-41-30-16-22(17-31-33(40)38-34(43-31)37-27-5-3-2-4-6-27)7-12-29(30)42-21-32(39)36-28-10-8-26(9-11-28)35-18-23-13-24(19-35)15-25(14-23)20-35/h2-12,16-17,23-25H,13-15,18-21H2,1H3,(H,36,39)(H,37,38,40)/b31-17+. The molecule has 1 saturated heterocycles. The Bertz CT molecular complexity index is 1560. The fourth-order valence-electron chi connectivity index (χ4n) is 7.86. The maximum atomic E-state index is 12.7. The van der Waals surface area contributed by atoms with Crippen molar-refractivity contribution >= 4 is 46.2 Å². The number of anilines is 1. The summed E-state index contributed by atoms with van der Waals surface area (Å²) in [5, 5.41) is 6.30. The molecule has 8 heteroatoms. The minimum atomic E-state index is -0.236. The van der Waals surface area contributed by atoms with E-state index in [4.69, 9.17) is 9.47 Å². The highest BCUT2D eigenvalue weighted by atomic mass is 32.2. The Kier molecular flexibility index (Phi) is 7.47. The molecule has 4 saturated carbocycles. The number of amidine groups is 1. The number of hydrogen-bond donors (Lipinski definition) is 2. The molecule has 3 aromatic rings. The lowest BCUT2D eigenvalue weighted by Gasteiger charge is -2.57. The van der Waals surface area contributed by atoms with Crippen LogP contribution in [0.1, 0.15) is 49.7 Å². The van der Waals surface area contributed by atoms with Crippen LogP contribution in [-0.4, -0.2) is 30.7 Å². The molecule has 5 aliphatic rings. The van der Waals surface area contributed by atoms with Gasteiger partial charge in [0.05, 0.1) is 17.7 Å². The number of nitrogens with zero attached hydrogens (tertiary/aromatic N) is 1. The normalized spacial score (nSPS) is 27.4. The lowest BCUT2D eigenvalue weighted by Crippen LogP contribution is -2.48. The molecule has 1 aliphatic heterocycles. The Balaban J connectivity index is 0.958. The van der Waals surface area contributed by atoms with Crippen LogP contribution in [0.3, 0.4) is 0 Å². The second-order valence-electron chi connectivity index (χ2n) is 12.3. The minimum Gasteiger partial charge on any atom is -0.493 e. The van der Waals surface area contributed by atoms with E-state index < -0.39 is 0 Å². The summed E-state index contributed by atoms with van der Waals surface area (Å²) in [6.07, 6.45) is 10.0. The molecular weight excluding hydrogens is 558 g/mol. The van der Waals surface area contributed by atoms with Crippen LogP contribution in [-0.2, 0) is 15.0 Å². The van der Waals surface area contributed by atoms with Gasteiger partial charge in [0.1, 0.15) is 0 Å². The van der Waals surface area contributed by atoms with E-state index in [1.165, 1.54) is 55.9 Å². The summed E-state index contributed by atoms with van der Waals surface area (Å²) in [6.45, 7) is -0.148. The number of carbonyl (C=O) groups is 2. The molecule has 2 N–H and O–H groups in total. The smallest absolute Gasteiger partial charge is 0.264 e. The van der Waals surface area contributed by atoms with Gasteiger partial charge in [0.15, 0.2) is 23.3 Å². The van der Waals surface area contributed by atoms with Gasteiger partial charge in [-0.2, -0.15) is 0 Å². The Morgan fingerprint density at radius 1 is 0.977 bits per heavy atom. The Morgan fingerprint density at radius 2 is 1.67 bits per heavy atom. The second-order valence-corrected chi connectivity index (χ2v) is 13.4. The van der Waals surface area contributed by atoms with Crippen LogP contribution >= 0.6 is 11.8 Å². The monoisotopic (exact) mass is 593 g/mol. The van der Waals surface area contributed by atoms with Gasteiger partial charge in [0.2, 0.25) is 0 Å². The zero-order valence-electron chi connectivity index (χ0n) is 24.2. The average molecular weight is 594 g/mol. The molecular formula is C35H35N3O4S. The van der Waals surface area contributed by atoms with Gasteiger partial charge in [-0.15, -0.1) is 0 Å². The van der Waals surface area contributed by atoms with Crippen molar-refractivity contribution in [1.29, 1.82) is 0 Å². The number of methoxy groups -OCH3 is 1. The van der Waals surface area contributed by atoms with Crippen molar-refractivity contribution in [3.63, 3.8) is 0 Å². The molecule has 0 radical (unpaired) electrons. The fourth-order valence-corrected chi connectivity index (χ4v) is 8.70. The van der Waals surface area contributed by atoms with Crippen molar-refractivity contribution in [2.45, 2.75) is 43.9 Å². The van der Waals surface area contributed by atoms with Crippen LogP contribution in [0.15, 0.2) is 82.7 Å². The van der Waals surface area contributed by atoms with Crippen molar-refractivity contribution in [3.05, 3.63) is 88.8 Å². The Labute approximate surface area is 256 Å². The van der Waals surface area contributed by atoms with Gasteiger partial charge in [-0.25, -0.2) is 4.99 Å². The first-order chi connectivity index (χ1) is 20.9. The number of amides is 2. The molecule has 4 aliphatic carbocycles. The third-order valence-electron chi connectivity index (χ3n) is 9.30. The third-order valence-corrected chi connectivity index (χ3v) is 10.2. The first-order valence-corrected chi connectivity index (χ1v) is 15.8. The molecule has 220 valence electrons. The molecule has 1 heterocycles. The summed E-state index contributed by atoms with van der Waals surface area (Å²) in [6, 6.07) is 23.3. The molecule has 0 spiro atoms. The Morgan fingerprint density at radius 3 is 2.35 bits per heavy atom. The molecule has 43 heavy (non-hydrogen) atoms. The molecule has 2 amide bonds. The highest BCUT2D eigenvalue weighted by Gasteiger charge is 2.51. The van der Waals surface area contributed by atoms with Crippen molar-refractivity contribution in [2.24, 2.45) is 22.7 Å². The van der Waals surface area contributed by atoms with Crippen molar-refractivity contribution < 1.29 is 19.1 Å². The van der Waals surface area contributed by atoms with Crippen LogP contribution < -0.4 is 20.1 Å². The van der Waals surface area contributed by atoms with Crippen LogP contribution in [0, 0.1) is 17.8 Å². The number of ether oxygens (including phenoxy) is 2. The quantitative estimate of drug-likeness (QED) is 0.273. The molecule has 7 nitrogen and oxygen atoms in total. The SMILES string of the molecule is COc1cc(/C=C2/SC(=Nc3ccccc3)NC2=O)ccc1OCC(=O)Nc1ccc(C23CC4CC(CC(C4)C2)C3)cc1. The minimum absolute atomic E-state index is 0.148. The summed E-state index contributed by atoms with van der Waals surface area (Å²) in [5.41, 5.74) is 4.10. The van der Waals surface area contributed by atoms with E-state index in [-0.39, 0.29) is 18.4 Å². The largest absolute Gasteiger partial charge is 0.493 e. The highest BCUT2D eigenvalue weighted by molar-refractivity contribution is 8.18. The Hall–Kier alpha value is -4.04. The molecule has 5 fully saturated rings. The molecule has 3 aromatic carbocycles. The van der Waals surface area contributed by atoms with Gasteiger partial charge in [0, 0.05) is 5.69 Å². The number of aliphatic imine (C=N–C) groups is 1. The summed E-state index contributed by atoms with van der Waals surface area (Å²) < 4.78 is 11.3. The summed E-state index contributed by atoms with van der Waals surface area (Å²) in [5.74, 6) is 3.19. The fraction of sp³-hybridized carbons (Fsp3) is 0.343. The number of rotatable bonds is 8. The van der Waals surface area contributed by atoms with Crippen molar-refractivity contribution in [1.82, 2.24) is 5.32 Å². The molecule has 0 unspecified atom stereocenters. The molecule has 4 bridgehead atoms. The zero-order valence-corrected chi connectivity index (χ0v) is 25.0. The zero-order chi connectivity index (χ0) is 29.4. The summed E-state index contributed by atoms with van der Waals surface area (Å²) in [7, 11) is 1.55. The maximum absolute atomic E-state index is 12.7. The summed E-state index contributed by atoms with van der Waals surface area (Å²) in [4.78, 5) is 30.3. The van der Waals surface area contributed by atoms with E-state index in [2.05, 4.69) is 27.8 Å². The van der Waals surface area contributed by atoms with E-state index in [0.29, 0.717) is 27.0 Å². The second kappa shape index (κ2) is 11.6. The van der Waals surface area contributed by atoms with E-state index in [0.717, 1.165) is 34.7 Å². The van der Waals surface area contributed by atoms with Crippen molar-refractivity contribution in [2.75, 3.05) is 19.0 Å². The van der Waals surface area contributed by atoms with E-state index in [1.54, 1.807) is 25.3 Å². The number of para-hydroxylation sites is 1. The van der Waals surface area contributed by atoms with Gasteiger partial charge in [-0.1, -0.05) is 36.4 Å². The number of benzene rings is 3. The predicted molar refractivity (Wildman–Crippen MR) is 171 cm³/mol. The van der Waals surface area contributed by atoms with E-state index in [9.17, 15) is 9.59 Å². The van der Waals surface area contributed by atoms with Gasteiger partial charge in [0.25, 0.3) is 11.8 Å². The molecule has 0 atom stereocenters.